The third-order valence-corrected chi connectivity index (χ3v) is 3.54. The molecular weight excluding hydrogens is 316 g/mol. The van der Waals surface area contributed by atoms with Gasteiger partial charge >= 0.3 is 0 Å². The molecule has 0 aliphatic rings. The van der Waals surface area contributed by atoms with E-state index in [0.29, 0.717) is 0 Å². The Kier molecular flexibility index (Phi) is 5.35. The van der Waals surface area contributed by atoms with Crippen molar-refractivity contribution in [2.24, 2.45) is 0 Å². The number of nitrogens with one attached hydrogen (secondary N) is 1. The maximum absolute atomic E-state index is 4.32. The second kappa shape index (κ2) is 7.24. The molecule has 0 atom stereocenters. The van der Waals surface area contributed by atoms with E-state index in [9.17, 15) is 0 Å². The molecule has 1 N–H and O–H groups in total. The van der Waals surface area contributed by atoms with Crippen LogP contribution in [0.15, 0.2) is 41.1 Å². The van der Waals surface area contributed by atoms with E-state index in [-0.39, 0.29) is 0 Å². The van der Waals surface area contributed by atoms with Crippen LogP contribution in [0.4, 0.5) is 17.3 Å². The van der Waals surface area contributed by atoms with Gasteiger partial charge in [-0.1, -0.05) is 29.3 Å². The Bertz CT molecular complexity index is 542. The Morgan fingerprint density at radius 2 is 1.95 bits per heavy atom. The number of halogens is 1. The Balaban J connectivity index is 2.07. The van der Waals surface area contributed by atoms with Gasteiger partial charge in [-0.3, -0.25) is 0 Å². The number of benzene rings is 1. The third kappa shape index (κ3) is 4.20. The summed E-state index contributed by atoms with van der Waals surface area (Å²) in [6, 6.07) is 9.98. The average Bonchev–Trinajstić information content (AvgIpc) is 2.47. The molecule has 2 rings (SSSR count). The van der Waals surface area contributed by atoms with E-state index in [0.717, 1.165) is 34.8 Å². The van der Waals surface area contributed by atoms with Crippen LogP contribution >= 0.6 is 15.9 Å². The summed E-state index contributed by atoms with van der Waals surface area (Å²) in [4.78, 5) is 10.7. The van der Waals surface area contributed by atoms with Crippen LogP contribution in [0.3, 0.4) is 0 Å². The minimum Gasteiger partial charge on any atom is -0.360 e. The predicted molar refractivity (Wildman–Crippen MR) is 87.6 cm³/mol. The Morgan fingerprint density at radius 3 is 2.65 bits per heavy atom. The summed E-state index contributed by atoms with van der Waals surface area (Å²) in [5, 5.41) is 3.28. The van der Waals surface area contributed by atoms with Gasteiger partial charge in [-0.15, -0.1) is 0 Å². The van der Waals surface area contributed by atoms with Gasteiger partial charge in [0.25, 0.3) is 0 Å². The van der Waals surface area contributed by atoms with E-state index >= 15 is 0 Å². The zero-order valence-corrected chi connectivity index (χ0v) is 13.4. The molecule has 0 fully saturated rings. The van der Waals surface area contributed by atoms with Crippen LogP contribution in [-0.4, -0.2) is 23.6 Å². The van der Waals surface area contributed by atoms with Crippen LogP contribution in [0.25, 0.3) is 0 Å². The van der Waals surface area contributed by atoms with Crippen LogP contribution in [0.2, 0.25) is 0 Å². The second-order valence-corrected chi connectivity index (χ2v) is 5.58. The smallest absolute Gasteiger partial charge is 0.135 e. The quantitative estimate of drug-likeness (QED) is 0.858. The first-order valence-electron chi connectivity index (χ1n) is 6.75. The van der Waals surface area contributed by atoms with Gasteiger partial charge in [0, 0.05) is 29.8 Å². The molecule has 1 aromatic heterocycles. The van der Waals surface area contributed by atoms with Crippen LogP contribution in [-0.2, 0) is 0 Å². The number of rotatable bonds is 6. The minimum atomic E-state index is 0.806. The minimum absolute atomic E-state index is 0.806. The highest BCUT2D eigenvalue weighted by atomic mass is 79.9. The van der Waals surface area contributed by atoms with Crippen molar-refractivity contribution < 1.29 is 0 Å². The Morgan fingerprint density at radius 1 is 1.20 bits per heavy atom. The fraction of sp³-hybridized carbons (Fsp3) is 0.333. The van der Waals surface area contributed by atoms with Crippen molar-refractivity contribution >= 4 is 33.3 Å². The molecule has 20 heavy (non-hydrogen) atoms. The SMILES string of the molecule is CCCCN(C)c1cc(Nc2ccc(Br)cc2)ncn1. The average molecular weight is 335 g/mol. The van der Waals surface area contributed by atoms with Gasteiger partial charge in [0.15, 0.2) is 0 Å². The summed E-state index contributed by atoms with van der Waals surface area (Å²) in [7, 11) is 2.06. The topological polar surface area (TPSA) is 41.0 Å². The van der Waals surface area contributed by atoms with Gasteiger partial charge in [0.1, 0.15) is 18.0 Å². The molecule has 0 spiro atoms. The third-order valence-electron chi connectivity index (χ3n) is 3.01. The monoisotopic (exact) mass is 334 g/mol. The summed E-state index contributed by atoms with van der Waals surface area (Å²) in [6.07, 6.45) is 3.94. The Labute approximate surface area is 128 Å². The van der Waals surface area contributed by atoms with Gasteiger partial charge in [-0.25, -0.2) is 9.97 Å². The lowest BCUT2D eigenvalue weighted by Gasteiger charge is -2.18. The van der Waals surface area contributed by atoms with Gasteiger partial charge in [-0.05, 0) is 30.7 Å². The van der Waals surface area contributed by atoms with E-state index in [1.807, 2.05) is 30.3 Å². The van der Waals surface area contributed by atoms with Crippen LogP contribution in [0.1, 0.15) is 19.8 Å². The largest absolute Gasteiger partial charge is 0.360 e. The Hall–Kier alpha value is -1.62. The van der Waals surface area contributed by atoms with Gasteiger partial charge < -0.3 is 10.2 Å². The zero-order chi connectivity index (χ0) is 14.4. The molecule has 5 heteroatoms. The molecule has 0 aliphatic carbocycles. The predicted octanol–water partition coefficient (Wildman–Crippen LogP) is 4.22. The summed E-state index contributed by atoms with van der Waals surface area (Å²) < 4.78 is 1.06. The first-order chi connectivity index (χ1) is 9.69. The molecule has 106 valence electrons. The number of unbranched alkanes of at least 4 members (excludes halogenated alkanes) is 1. The molecular formula is C15H19BrN4. The van der Waals surface area contributed by atoms with Crippen molar-refractivity contribution in [3.05, 3.63) is 41.1 Å². The number of hydrogen-bond acceptors (Lipinski definition) is 4. The molecule has 1 heterocycles. The van der Waals surface area contributed by atoms with Crippen molar-refractivity contribution in [2.45, 2.75) is 19.8 Å². The first kappa shape index (κ1) is 14.8. The molecule has 0 aliphatic heterocycles. The normalized spacial score (nSPS) is 10.3. The first-order valence-corrected chi connectivity index (χ1v) is 7.54. The van der Waals surface area contributed by atoms with Gasteiger partial charge in [0.05, 0.1) is 0 Å². The van der Waals surface area contributed by atoms with Gasteiger partial charge in [-0.2, -0.15) is 0 Å². The molecule has 1 aromatic carbocycles. The fourth-order valence-corrected chi connectivity index (χ4v) is 2.08. The standard InChI is InChI=1S/C15H19BrN4/c1-3-4-9-20(2)15-10-14(17-11-18-15)19-13-7-5-12(16)6-8-13/h5-8,10-11H,3-4,9H2,1-2H3,(H,17,18,19). The van der Waals surface area contributed by atoms with E-state index < -0.39 is 0 Å². The molecule has 0 amide bonds. The maximum atomic E-state index is 4.32. The van der Waals surface area contributed by atoms with Crippen molar-refractivity contribution in [2.75, 3.05) is 23.8 Å². The van der Waals surface area contributed by atoms with Crippen LogP contribution in [0, 0.1) is 0 Å². The van der Waals surface area contributed by atoms with Crippen LogP contribution < -0.4 is 10.2 Å². The van der Waals surface area contributed by atoms with E-state index in [4.69, 9.17) is 0 Å². The lowest BCUT2D eigenvalue weighted by atomic mass is 10.3. The van der Waals surface area contributed by atoms with E-state index in [1.165, 1.54) is 6.42 Å². The number of anilines is 3. The number of hydrogen-bond donors (Lipinski definition) is 1. The highest BCUT2D eigenvalue weighted by molar-refractivity contribution is 9.10. The molecule has 0 saturated carbocycles. The van der Waals surface area contributed by atoms with E-state index in [1.54, 1.807) is 6.33 Å². The molecule has 0 saturated heterocycles. The van der Waals surface area contributed by atoms with Crippen molar-refractivity contribution in [3.8, 4) is 0 Å². The second-order valence-electron chi connectivity index (χ2n) is 4.67. The fourth-order valence-electron chi connectivity index (χ4n) is 1.82. The molecule has 0 unspecified atom stereocenters. The van der Waals surface area contributed by atoms with Crippen LogP contribution in [0.5, 0.6) is 0 Å². The van der Waals surface area contributed by atoms with Crippen molar-refractivity contribution in [1.29, 1.82) is 0 Å². The lowest BCUT2D eigenvalue weighted by Crippen LogP contribution is -2.19. The molecule has 2 aromatic rings. The number of aromatic nitrogens is 2. The van der Waals surface area contributed by atoms with Crippen molar-refractivity contribution in [3.63, 3.8) is 0 Å². The summed E-state index contributed by atoms with van der Waals surface area (Å²) in [6.45, 7) is 3.19. The van der Waals surface area contributed by atoms with E-state index in [2.05, 4.69) is 50.1 Å². The molecule has 4 nitrogen and oxygen atoms in total. The maximum Gasteiger partial charge on any atom is 0.135 e. The highest BCUT2D eigenvalue weighted by Crippen LogP contribution is 2.20. The molecule has 0 radical (unpaired) electrons. The van der Waals surface area contributed by atoms with Crippen molar-refractivity contribution in [1.82, 2.24) is 9.97 Å². The lowest BCUT2D eigenvalue weighted by molar-refractivity contribution is 0.758. The summed E-state index contributed by atoms with van der Waals surface area (Å²) in [5.74, 6) is 1.74. The zero-order valence-electron chi connectivity index (χ0n) is 11.8. The highest BCUT2D eigenvalue weighted by Gasteiger charge is 2.04. The number of nitrogens with zero attached hydrogens (tertiary/aromatic N) is 3. The van der Waals surface area contributed by atoms with Gasteiger partial charge in [0.2, 0.25) is 0 Å². The summed E-state index contributed by atoms with van der Waals surface area (Å²) >= 11 is 3.43. The molecule has 0 bridgehead atoms. The summed E-state index contributed by atoms with van der Waals surface area (Å²) in [5.41, 5.74) is 1.01.